The zero-order chi connectivity index (χ0) is 16.4. The summed E-state index contributed by atoms with van der Waals surface area (Å²) in [5, 5.41) is 3.88. The molecule has 0 spiro atoms. The number of nitrogens with zero attached hydrogens (tertiary/aromatic N) is 4. The van der Waals surface area contributed by atoms with Gasteiger partial charge in [-0.05, 0) is 51.1 Å². The SMILES string of the molecule is Cc1ncc(-c2ccnc(Nc3ccc(Cl)cc3)n2)n1C(C)C. The average Bonchev–Trinajstić information content (AvgIpc) is 2.92. The zero-order valence-corrected chi connectivity index (χ0v) is 14.0. The summed E-state index contributed by atoms with van der Waals surface area (Å²) in [6.07, 6.45) is 3.59. The highest BCUT2D eigenvalue weighted by Crippen LogP contribution is 2.24. The third kappa shape index (κ3) is 3.35. The highest BCUT2D eigenvalue weighted by molar-refractivity contribution is 6.30. The number of aromatic nitrogens is 4. The van der Waals surface area contributed by atoms with Gasteiger partial charge in [0.05, 0.1) is 17.6 Å². The number of nitrogens with one attached hydrogen (secondary N) is 1. The van der Waals surface area contributed by atoms with E-state index < -0.39 is 0 Å². The van der Waals surface area contributed by atoms with Gasteiger partial charge in [0.25, 0.3) is 0 Å². The smallest absolute Gasteiger partial charge is 0.227 e. The van der Waals surface area contributed by atoms with Crippen LogP contribution < -0.4 is 5.32 Å². The summed E-state index contributed by atoms with van der Waals surface area (Å²) in [5.41, 5.74) is 2.71. The Bertz CT molecular complexity index is 808. The Hall–Kier alpha value is -2.40. The van der Waals surface area contributed by atoms with Gasteiger partial charge in [0.15, 0.2) is 0 Å². The fourth-order valence-corrected chi connectivity index (χ4v) is 2.64. The maximum absolute atomic E-state index is 5.90. The van der Waals surface area contributed by atoms with E-state index in [-0.39, 0.29) is 0 Å². The Morgan fingerprint density at radius 2 is 1.83 bits per heavy atom. The summed E-state index contributed by atoms with van der Waals surface area (Å²) >= 11 is 5.90. The molecule has 1 N–H and O–H groups in total. The van der Waals surface area contributed by atoms with Gasteiger partial charge in [0.1, 0.15) is 5.82 Å². The predicted octanol–water partition coefficient (Wildman–Crippen LogP) is 4.63. The Labute approximate surface area is 140 Å². The van der Waals surface area contributed by atoms with Crippen molar-refractivity contribution < 1.29 is 0 Å². The lowest BCUT2D eigenvalue weighted by atomic mass is 10.2. The van der Waals surface area contributed by atoms with Crippen molar-refractivity contribution in [3.8, 4) is 11.4 Å². The van der Waals surface area contributed by atoms with Crippen molar-refractivity contribution in [3.05, 3.63) is 53.6 Å². The Balaban J connectivity index is 1.93. The van der Waals surface area contributed by atoms with E-state index in [0.717, 1.165) is 22.9 Å². The second kappa shape index (κ2) is 6.38. The van der Waals surface area contributed by atoms with E-state index in [1.807, 2.05) is 43.5 Å². The lowest BCUT2D eigenvalue weighted by Gasteiger charge is -2.14. The van der Waals surface area contributed by atoms with E-state index in [0.29, 0.717) is 17.0 Å². The van der Waals surface area contributed by atoms with Crippen LogP contribution in [0.15, 0.2) is 42.7 Å². The molecule has 6 heteroatoms. The molecule has 0 aliphatic carbocycles. The van der Waals surface area contributed by atoms with Crippen LogP contribution in [0.3, 0.4) is 0 Å². The third-order valence-corrected chi connectivity index (χ3v) is 3.77. The molecule has 0 saturated heterocycles. The van der Waals surface area contributed by atoms with Gasteiger partial charge in [-0.2, -0.15) is 0 Å². The largest absolute Gasteiger partial charge is 0.324 e. The summed E-state index contributed by atoms with van der Waals surface area (Å²) in [6.45, 7) is 6.26. The molecule has 2 aromatic heterocycles. The van der Waals surface area contributed by atoms with Gasteiger partial charge < -0.3 is 9.88 Å². The van der Waals surface area contributed by atoms with E-state index in [4.69, 9.17) is 11.6 Å². The molecule has 1 aromatic carbocycles. The Morgan fingerprint density at radius 1 is 1.09 bits per heavy atom. The molecule has 118 valence electrons. The number of anilines is 2. The van der Waals surface area contributed by atoms with Crippen molar-refractivity contribution in [2.75, 3.05) is 5.32 Å². The number of hydrogen-bond acceptors (Lipinski definition) is 4. The standard InChI is InChI=1S/C17H18ClN5/c1-11(2)23-12(3)20-10-16(23)15-8-9-19-17(22-15)21-14-6-4-13(18)5-7-14/h4-11H,1-3H3,(H,19,21,22). The molecule has 0 radical (unpaired) electrons. The maximum Gasteiger partial charge on any atom is 0.227 e. The number of aryl methyl sites for hydroxylation is 1. The fraction of sp³-hybridized carbons (Fsp3) is 0.235. The van der Waals surface area contributed by atoms with Gasteiger partial charge in [0.2, 0.25) is 5.95 Å². The van der Waals surface area contributed by atoms with Crippen molar-refractivity contribution >= 4 is 23.2 Å². The van der Waals surface area contributed by atoms with Crippen molar-refractivity contribution in [2.45, 2.75) is 26.8 Å². The van der Waals surface area contributed by atoms with Crippen LogP contribution in [-0.4, -0.2) is 19.5 Å². The molecular weight excluding hydrogens is 310 g/mol. The van der Waals surface area contributed by atoms with Crippen molar-refractivity contribution in [1.82, 2.24) is 19.5 Å². The van der Waals surface area contributed by atoms with E-state index >= 15 is 0 Å². The predicted molar refractivity (Wildman–Crippen MR) is 93.1 cm³/mol. The number of hydrogen-bond donors (Lipinski definition) is 1. The molecule has 0 bridgehead atoms. The van der Waals surface area contributed by atoms with E-state index in [1.54, 1.807) is 6.20 Å². The minimum atomic E-state index is 0.315. The number of benzene rings is 1. The average molecular weight is 328 g/mol. The molecule has 2 heterocycles. The molecule has 0 aliphatic rings. The summed E-state index contributed by atoms with van der Waals surface area (Å²) in [4.78, 5) is 13.3. The molecule has 3 aromatic rings. The number of halogens is 1. The van der Waals surface area contributed by atoms with Crippen LogP contribution in [0.4, 0.5) is 11.6 Å². The van der Waals surface area contributed by atoms with Crippen molar-refractivity contribution in [3.63, 3.8) is 0 Å². The molecule has 0 amide bonds. The lowest BCUT2D eigenvalue weighted by Crippen LogP contribution is -2.06. The summed E-state index contributed by atoms with van der Waals surface area (Å²) in [7, 11) is 0. The van der Waals surface area contributed by atoms with Gasteiger partial charge in [0, 0.05) is 22.9 Å². The Morgan fingerprint density at radius 3 is 2.52 bits per heavy atom. The first kappa shape index (κ1) is 15.5. The van der Waals surface area contributed by atoms with Crippen LogP contribution in [0.2, 0.25) is 5.02 Å². The fourth-order valence-electron chi connectivity index (χ4n) is 2.52. The molecule has 0 fully saturated rings. The number of imidazole rings is 1. The van der Waals surface area contributed by atoms with Gasteiger partial charge >= 0.3 is 0 Å². The van der Waals surface area contributed by atoms with Crippen LogP contribution in [0.25, 0.3) is 11.4 Å². The van der Waals surface area contributed by atoms with Crippen LogP contribution in [0.5, 0.6) is 0 Å². The Kier molecular flexibility index (Phi) is 4.30. The second-order valence-electron chi connectivity index (χ2n) is 5.55. The van der Waals surface area contributed by atoms with Gasteiger partial charge in [-0.3, -0.25) is 0 Å². The maximum atomic E-state index is 5.90. The first-order valence-corrected chi connectivity index (χ1v) is 7.82. The molecular formula is C17H18ClN5. The van der Waals surface area contributed by atoms with Crippen molar-refractivity contribution in [2.24, 2.45) is 0 Å². The first-order valence-electron chi connectivity index (χ1n) is 7.44. The molecule has 0 saturated carbocycles. The zero-order valence-electron chi connectivity index (χ0n) is 13.3. The molecule has 5 nitrogen and oxygen atoms in total. The van der Waals surface area contributed by atoms with Gasteiger partial charge in [-0.25, -0.2) is 15.0 Å². The number of rotatable bonds is 4. The third-order valence-electron chi connectivity index (χ3n) is 3.52. The summed E-state index contributed by atoms with van der Waals surface area (Å²) in [6, 6.07) is 9.63. The van der Waals surface area contributed by atoms with Crippen LogP contribution in [0, 0.1) is 6.92 Å². The molecule has 0 aliphatic heterocycles. The van der Waals surface area contributed by atoms with E-state index in [9.17, 15) is 0 Å². The van der Waals surface area contributed by atoms with Crippen molar-refractivity contribution in [1.29, 1.82) is 0 Å². The quantitative estimate of drug-likeness (QED) is 0.759. The molecule has 3 rings (SSSR count). The topological polar surface area (TPSA) is 55.6 Å². The summed E-state index contributed by atoms with van der Waals surface area (Å²) in [5.74, 6) is 1.51. The minimum Gasteiger partial charge on any atom is -0.324 e. The van der Waals surface area contributed by atoms with Crippen LogP contribution in [-0.2, 0) is 0 Å². The highest BCUT2D eigenvalue weighted by Gasteiger charge is 2.13. The summed E-state index contributed by atoms with van der Waals surface area (Å²) < 4.78 is 2.16. The van der Waals surface area contributed by atoms with Crippen LogP contribution in [0.1, 0.15) is 25.7 Å². The molecule has 0 unspecified atom stereocenters. The first-order chi connectivity index (χ1) is 11.0. The van der Waals surface area contributed by atoms with Crippen LogP contribution >= 0.6 is 11.6 Å². The highest BCUT2D eigenvalue weighted by atomic mass is 35.5. The molecule has 23 heavy (non-hydrogen) atoms. The van der Waals surface area contributed by atoms with E-state index in [2.05, 4.69) is 38.7 Å². The second-order valence-corrected chi connectivity index (χ2v) is 5.99. The monoisotopic (exact) mass is 327 g/mol. The normalized spacial score (nSPS) is 11.0. The van der Waals surface area contributed by atoms with E-state index in [1.165, 1.54) is 0 Å². The minimum absolute atomic E-state index is 0.315. The lowest BCUT2D eigenvalue weighted by molar-refractivity contribution is 0.587. The molecule has 0 atom stereocenters. The van der Waals surface area contributed by atoms with Gasteiger partial charge in [-0.15, -0.1) is 0 Å². The van der Waals surface area contributed by atoms with Gasteiger partial charge in [-0.1, -0.05) is 11.6 Å².